The van der Waals surface area contributed by atoms with Crippen molar-refractivity contribution in [3.8, 4) is 0 Å². The molecule has 98 valence electrons. The molecule has 0 radical (unpaired) electrons. The largest absolute Gasteiger partial charge is 0.347 e. The Morgan fingerprint density at radius 2 is 1.94 bits per heavy atom. The number of likely N-dealkylation sites (tertiary alicyclic amines) is 1. The maximum absolute atomic E-state index is 5.73. The minimum atomic E-state index is -0.249. The molecule has 0 saturated carbocycles. The van der Waals surface area contributed by atoms with Gasteiger partial charge in [-0.15, -0.1) is 0 Å². The fourth-order valence-corrected chi connectivity index (χ4v) is 2.72. The average Bonchev–Trinajstić information content (AvgIpc) is 2.88. The summed E-state index contributed by atoms with van der Waals surface area (Å²) >= 11 is 0. The Labute approximate surface area is 108 Å². The summed E-state index contributed by atoms with van der Waals surface area (Å²) < 4.78 is 11.5. The fourth-order valence-electron chi connectivity index (χ4n) is 2.72. The average molecular weight is 248 g/mol. The molecule has 2 aliphatic heterocycles. The molecule has 1 aromatic rings. The molecule has 2 saturated heterocycles. The summed E-state index contributed by atoms with van der Waals surface area (Å²) in [5.74, 6) is -0.249. The number of nitrogens with zero attached hydrogens (tertiary/aromatic N) is 2. The molecular weight excluding hydrogens is 228 g/mol. The number of aromatic nitrogens is 1. The van der Waals surface area contributed by atoms with Crippen molar-refractivity contribution < 1.29 is 9.47 Å². The quantitative estimate of drug-likeness (QED) is 0.811. The molecule has 0 aliphatic carbocycles. The third-order valence-corrected chi connectivity index (χ3v) is 3.84. The minimum absolute atomic E-state index is 0.249. The van der Waals surface area contributed by atoms with E-state index in [1.807, 2.05) is 18.3 Å². The van der Waals surface area contributed by atoms with Crippen LogP contribution >= 0.6 is 0 Å². The lowest BCUT2D eigenvalue weighted by Crippen LogP contribution is -2.45. The van der Waals surface area contributed by atoms with E-state index in [2.05, 4.69) is 16.0 Å². The van der Waals surface area contributed by atoms with E-state index in [4.69, 9.17) is 9.47 Å². The Morgan fingerprint density at radius 1 is 1.17 bits per heavy atom. The SMILES string of the molecule is c1ccc(CCN2CCC3(CC2)OCCO3)nc1. The van der Waals surface area contributed by atoms with Gasteiger partial charge in [0.25, 0.3) is 0 Å². The summed E-state index contributed by atoms with van der Waals surface area (Å²) in [5, 5.41) is 0. The molecule has 1 aromatic heterocycles. The van der Waals surface area contributed by atoms with E-state index in [0.717, 1.165) is 52.1 Å². The molecule has 1 spiro atoms. The molecule has 4 heteroatoms. The Kier molecular flexibility index (Phi) is 3.59. The molecule has 0 unspecified atom stereocenters. The lowest BCUT2D eigenvalue weighted by atomic mass is 10.0. The predicted octanol–water partition coefficient (Wildman–Crippen LogP) is 1.46. The van der Waals surface area contributed by atoms with Crippen LogP contribution in [0.2, 0.25) is 0 Å². The highest BCUT2D eigenvalue weighted by molar-refractivity contribution is 5.03. The van der Waals surface area contributed by atoms with Crippen LogP contribution in [0.3, 0.4) is 0 Å². The number of hydrogen-bond donors (Lipinski definition) is 0. The van der Waals surface area contributed by atoms with Crippen molar-refractivity contribution in [1.82, 2.24) is 9.88 Å². The van der Waals surface area contributed by atoms with Crippen molar-refractivity contribution in [3.63, 3.8) is 0 Å². The van der Waals surface area contributed by atoms with Crippen LogP contribution < -0.4 is 0 Å². The second-order valence-corrected chi connectivity index (χ2v) is 5.02. The van der Waals surface area contributed by atoms with Gasteiger partial charge in [0.1, 0.15) is 0 Å². The molecular formula is C14H20N2O2. The Balaban J connectivity index is 1.46. The molecule has 18 heavy (non-hydrogen) atoms. The Morgan fingerprint density at radius 3 is 2.61 bits per heavy atom. The van der Waals surface area contributed by atoms with Crippen molar-refractivity contribution in [2.45, 2.75) is 25.0 Å². The van der Waals surface area contributed by atoms with Gasteiger partial charge in [-0.2, -0.15) is 0 Å². The first-order valence-corrected chi connectivity index (χ1v) is 6.77. The van der Waals surface area contributed by atoms with E-state index >= 15 is 0 Å². The van der Waals surface area contributed by atoms with E-state index in [-0.39, 0.29) is 5.79 Å². The van der Waals surface area contributed by atoms with Crippen LogP contribution in [0.5, 0.6) is 0 Å². The topological polar surface area (TPSA) is 34.6 Å². The molecule has 0 N–H and O–H groups in total. The van der Waals surface area contributed by atoms with Crippen LogP contribution in [-0.2, 0) is 15.9 Å². The molecule has 0 atom stereocenters. The van der Waals surface area contributed by atoms with Gasteiger partial charge in [0, 0.05) is 50.8 Å². The van der Waals surface area contributed by atoms with Crippen molar-refractivity contribution in [2.75, 3.05) is 32.8 Å². The van der Waals surface area contributed by atoms with Crippen molar-refractivity contribution >= 4 is 0 Å². The third-order valence-electron chi connectivity index (χ3n) is 3.84. The molecule has 0 amide bonds. The Bertz CT molecular complexity index is 367. The van der Waals surface area contributed by atoms with Crippen LogP contribution in [0.1, 0.15) is 18.5 Å². The second kappa shape index (κ2) is 5.34. The smallest absolute Gasteiger partial charge is 0.170 e. The van der Waals surface area contributed by atoms with Crippen LogP contribution in [0.25, 0.3) is 0 Å². The van der Waals surface area contributed by atoms with Gasteiger partial charge in [0.15, 0.2) is 5.79 Å². The normalized spacial score (nSPS) is 23.6. The number of piperidine rings is 1. The van der Waals surface area contributed by atoms with E-state index < -0.39 is 0 Å². The highest BCUT2D eigenvalue weighted by Crippen LogP contribution is 2.31. The number of hydrogen-bond acceptors (Lipinski definition) is 4. The molecule has 4 nitrogen and oxygen atoms in total. The predicted molar refractivity (Wildman–Crippen MR) is 68.3 cm³/mol. The monoisotopic (exact) mass is 248 g/mol. The summed E-state index contributed by atoms with van der Waals surface area (Å²) in [5.41, 5.74) is 1.17. The molecule has 2 fully saturated rings. The molecule has 3 rings (SSSR count). The highest BCUT2D eigenvalue weighted by Gasteiger charge is 2.39. The first-order chi connectivity index (χ1) is 8.86. The summed E-state index contributed by atoms with van der Waals surface area (Å²) in [6, 6.07) is 6.10. The van der Waals surface area contributed by atoms with Gasteiger partial charge in [0.2, 0.25) is 0 Å². The summed E-state index contributed by atoms with van der Waals surface area (Å²) in [6.45, 7) is 4.72. The van der Waals surface area contributed by atoms with E-state index in [1.54, 1.807) is 0 Å². The maximum Gasteiger partial charge on any atom is 0.170 e. The second-order valence-electron chi connectivity index (χ2n) is 5.02. The lowest BCUT2D eigenvalue weighted by Gasteiger charge is -2.37. The minimum Gasteiger partial charge on any atom is -0.347 e. The Hall–Kier alpha value is -0.970. The first-order valence-electron chi connectivity index (χ1n) is 6.77. The van der Waals surface area contributed by atoms with Crippen LogP contribution in [0.4, 0.5) is 0 Å². The standard InChI is InChI=1S/C14H20N2O2/c1-2-7-15-13(3-1)4-8-16-9-5-14(6-10-16)17-11-12-18-14/h1-3,7H,4-6,8-12H2. The lowest BCUT2D eigenvalue weighted by molar-refractivity contribution is -0.185. The van der Waals surface area contributed by atoms with Gasteiger partial charge in [-0.05, 0) is 12.1 Å². The molecule has 0 bridgehead atoms. The van der Waals surface area contributed by atoms with Gasteiger partial charge < -0.3 is 14.4 Å². The summed E-state index contributed by atoms with van der Waals surface area (Å²) in [6.07, 6.45) is 4.88. The molecule has 3 heterocycles. The van der Waals surface area contributed by atoms with Gasteiger partial charge in [-0.3, -0.25) is 4.98 Å². The van der Waals surface area contributed by atoms with E-state index in [0.29, 0.717) is 0 Å². The third kappa shape index (κ3) is 2.71. The van der Waals surface area contributed by atoms with E-state index in [9.17, 15) is 0 Å². The van der Waals surface area contributed by atoms with Crippen molar-refractivity contribution in [2.24, 2.45) is 0 Å². The molecule has 0 aromatic carbocycles. The summed E-state index contributed by atoms with van der Waals surface area (Å²) in [7, 11) is 0. The van der Waals surface area contributed by atoms with Crippen LogP contribution in [0, 0.1) is 0 Å². The zero-order chi connectivity index (χ0) is 12.3. The van der Waals surface area contributed by atoms with Crippen LogP contribution in [0.15, 0.2) is 24.4 Å². The zero-order valence-electron chi connectivity index (χ0n) is 10.7. The highest BCUT2D eigenvalue weighted by atomic mass is 16.7. The zero-order valence-corrected chi connectivity index (χ0v) is 10.7. The van der Waals surface area contributed by atoms with Gasteiger partial charge in [0.05, 0.1) is 13.2 Å². The van der Waals surface area contributed by atoms with Gasteiger partial charge in [-0.25, -0.2) is 0 Å². The first kappa shape index (κ1) is 12.1. The van der Waals surface area contributed by atoms with Crippen LogP contribution in [-0.4, -0.2) is 48.5 Å². The van der Waals surface area contributed by atoms with E-state index in [1.165, 1.54) is 5.69 Å². The van der Waals surface area contributed by atoms with Crippen molar-refractivity contribution in [3.05, 3.63) is 30.1 Å². The summed E-state index contributed by atoms with van der Waals surface area (Å²) in [4.78, 5) is 6.84. The number of ether oxygens (including phenoxy) is 2. The maximum atomic E-state index is 5.73. The van der Waals surface area contributed by atoms with Crippen molar-refractivity contribution in [1.29, 1.82) is 0 Å². The number of rotatable bonds is 3. The van der Waals surface area contributed by atoms with Gasteiger partial charge in [-0.1, -0.05) is 6.07 Å². The van der Waals surface area contributed by atoms with Gasteiger partial charge >= 0.3 is 0 Å². The molecule has 2 aliphatic rings. The number of pyridine rings is 1. The fraction of sp³-hybridized carbons (Fsp3) is 0.643.